The molecule has 0 saturated carbocycles. The summed E-state index contributed by atoms with van der Waals surface area (Å²) in [6.45, 7) is 6.45. The highest BCUT2D eigenvalue weighted by Crippen LogP contribution is 2.32. The molecule has 1 saturated heterocycles. The number of methoxy groups -OCH3 is 1. The maximum absolute atomic E-state index is 12.9. The molecule has 1 heterocycles. The number of nitrogens with zero attached hydrogens (tertiary/aromatic N) is 2. The molecule has 204 valence electrons. The first kappa shape index (κ1) is 29.5. The van der Waals surface area contributed by atoms with Crippen LogP contribution in [0, 0.1) is 0 Å². The minimum Gasteiger partial charge on any atom is -0.497 e. The van der Waals surface area contributed by atoms with E-state index in [2.05, 4.69) is 0 Å². The number of benzene rings is 2. The van der Waals surface area contributed by atoms with Gasteiger partial charge in [0.1, 0.15) is 11.4 Å². The second-order valence-corrected chi connectivity index (χ2v) is 12.8. The number of hydrogen-bond donors (Lipinski definition) is 0. The van der Waals surface area contributed by atoms with Gasteiger partial charge in [-0.05, 0) is 56.2 Å². The van der Waals surface area contributed by atoms with E-state index in [-0.39, 0.29) is 32.2 Å². The second-order valence-electron chi connectivity index (χ2n) is 10.0. The van der Waals surface area contributed by atoms with Crippen molar-refractivity contribution in [1.29, 1.82) is 0 Å². The Labute approximate surface area is 229 Å². The summed E-state index contributed by atoms with van der Waals surface area (Å²) in [5.74, 6) is 0.300. The number of sulfonamides is 1. The van der Waals surface area contributed by atoms with Crippen LogP contribution in [0.2, 0.25) is 10.0 Å². The molecule has 1 fully saturated rings. The van der Waals surface area contributed by atoms with Crippen LogP contribution in [0.1, 0.15) is 37.8 Å². The van der Waals surface area contributed by atoms with Gasteiger partial charge in [0.15, 0.2) is 0 Å². The Morgan fingerprint density at radius 2 is 1.81 bits per heavy atom. The van der Waals surface area contributed by atoms with Crippen LogP contribution in [-0.4, -0.2) is 75.0 Å². The molecule has 2 aromatic carbocycles. The van der Waals surface area contributed by atoms with Crippen molar-refractivity contribution in [1.82, 2.24) is 9.21 Å². The first-order valence-electron chi connectivity index (χ1n) is 11.9. The van der Waals surface area contributed by atoms with E-state index in [1.807, 2.05) is 39.0 Å². The number of amides is 1. The third-order valence-electron chi connectivity index (χ3n) is 5.95. The number of hydrogen-bond acceptors (Lipinski definition) is 6. The number of carbonyl (C=O) groups excluding carboxylic acids is 1. The van der Waals surface area contributed by atoms with Crippen molar-refractivity contribution >= 4 is 39.3 Å². The molecule has 3 rings (SSSR count). The summed E-state index contributed by atoms with van der Waals surface area (Å²) in [6, 6.07) is 12.5. The Bertz CT molecular complexity index is 1180. The van der Waals surface area contributed by atoms with Crippen molar-refractivity contribution in [3.63, 3.8) is 0 Å². The van der Waals surface area contributed by atoms with Gasteiger partial charge in [0.25, 0.3) is 0 Å². The van der Waals surface area contributed by atoms with Gasteiger partial charge in [-0.15, -0.1) is 0 Å². The van der Waals surface area contributed by atoms with Crippen LogP contribution < -0.4 is 4.74 Å². The van der Waals surface area contributed by atoms with Crippen LogP contribution in [0.15, 0.2) is 42.5 Å². The summed E-state index contributed by atoms with van der Waals surface area (Å²) in [5, 5.41) is 0.766. The van der Waals surface area contributed by atoms with Crippen LogP contribution in [-0.2, 0) is 26.0 Å². The minimum atomic E-state index is -3.59. The highest BCUT2D eigenvalue weighted by Gasteiger charge is 2.36. The molecular formula is C26H34Cl2N2O6S. The second kappa shape index (κ2) is 12.2. The monoisotopic (exact) mass is 572 g/mol. The normalized spacial score (nSPS) is 19.0. The summed E-state index contributed by atoms with van der Waals surface area (Å²) >= 11 is 12.5. The lowest BCUT2D eigenvalue weighted by Crippen LogP contribution is -2.43. The van der Waals surface area contributed by atoms with Gasteiger partial charge in [-0.1, -0.05) is 41.4 Å². The molecule has 37 heavy (non-hydrogen) atoms. The fourth-order valence-electron chi connectivity index (χ4n) is 4.06. The van der Waals surface area contributed by atoms with Crippen molar-refractivity contribution in [2.24, 2.45) is 0 Å². The Kier molecular flexibility index (Phi) is 9.74. The molecule has 0 radical (unpaired) electrons. The molecule has 1 aliphatic heterocycles. The Morgan fingerprint density at radius 1 is 1.14 bits per heavy atom. The molecule has 8 nitrogen and oxygen atoms in total. The summed E-state index contributed by atoms with van der Waals surface area (Å²) in [4.78, 5) is 14.5. The third kappa shape index (κ3) is 8.48. The van der Waals surface area contributed by atoms with Gasteiger partial charge >= 0.3 is 6.09 Å². The molecular weight excluding hydrogens is 539 g/mol. The predicted octanol–water partition coefficient (Wildman–Crippen LogP) is 5.18. The first-order chi connectivity index (χ1) is 17.3. The number of halogens is 2. The molecule has 2 atom stereocenters. The number of rotatable bonds is 7. The Morgan fingerprint density at radius 3 is 2.38 bits per heavy atom. The molecule has 0 spiro atoms. The van der Waals surface area contributed by atoms with E-state index in [1.165, 1.54) is 10.6 Å². The molecule has 1 aliphatic rings. The van der Waals surface area contributed by atoms with E-state index in [9.17, 15) is 13.2 Å². The van der Waals surface area contributed by atoms with Crippen molar-refractivity contribution < 1.29 is 27.4 Å². The lowest BCUT2D eigenvalue weighted by atomic mass is 9.92. The average Bonchev–Trinajstić information content (AvgIpc) is 3.02. The SMILES string of the molecule is COc1ccc(CN(CC2OCCN(C(=O)OC(C)(C)C)CC2c2ccc(Cl)c(Cl)c2)S(C)(=O)=O)cc1. The highest BCUT2D eigenvalue weighted by molar-refractivity contribution is 7.88. The van der Waals surface area contributed by atoms with Crippen LogP contribution in [0.3, 0.4) is 0 Å². The standard InChI is InChI=1S/C26H34Cl2N2O6S/c1-26(2,3)36-25(31)29-12-13-35-24(21(16-29)19-8-11-22(27)23(28)14-19)17-30(37(5,32)33)15-18-6-9-20(34-4)10-7-18/h6-11,14,21,24H,12-13,15-17H2,1-5H3. The maximum atomic E-state index is 12.9. The van der Waals surface area contributed by atoms with Gasteiger partial charge < -0.3 is 19.1 Å². The quantitative estimate of drug-likeness (QED) is 0.454. The Hall–Kier alpha value is -2.04. The zero-order valence-corrected chi connectivity index (χ0v) is 24.1. The van der Waals surface area contributed by atoms with Gasteiger partial charge in [-0.3, -0.25) is 0 Å². The van der Waals surface area contributed by atoms with E-state index in [1.54, 1.807) is 36.3 Å². The van der Waals surface area contributed by atoms with Crippen molar-refractivity contribution in [3.8, 4) is 5.75 Å². The zero-order chi connectivity index (χ0) is 27.4. The molecule has 0 bridgehead atoms. The largest absolute Gasteiger partial charge is 0.497 e. The highest BCUT2D eigenvalue weighted by atomic mass is 35.5. The summed E-state index contributed by atoms with van der Waals surface area (Å²) in [7, 11) is -2.02. The van der Waals surface area contributed by atoms with E-state index in [0.717, 1.165) is 11.1 Å². The van der Waals surface area contributed by atoms with Crippen LogP contribution in [0.4, 0.5) is 4.79 Å². The van der Waals surface area contributed by atoms with E-state index in [0.29, 0.717) is 22.3 Å². The fraction of sp³-hybridized carbons (Fsp3) is 0.500. The maximum Gasteiger partial charge on any atom is 0.410 e. The van der Waals surface area contributed by atoms with Crippen molar-refractivity contribution in [3.05, 3.63) is 63.6 Å². The fourth-order valence-corrected chi connectivity index (χ4v) is 5.17. The van der Waals surface area contributed by atoms with E-state index < -0.39 is 27.8 Å². The molecule has 2 aromatic rings. The Balaban J connectivity index is 1.92. The summed E-state index contributed by atoms with van der Waals surface area (Å²) in [6.07, 6.45) is 0.159. The van der Waals surface area contributed by atoms with Crippen molar-refractivity contribution in [2.75, 3.05) is 39.6 Å². The number of ether oxygens (including phenoxy) is 3. The topological polar surface area (TPSA) is 85.4 Å². The van der Waals surface area contributed by atoms with E-state index in [4.69, 9.17) is 37.4 Å². The van der Waals surface area contributed by atoms with Gasteiger partial charge in [-0.25, -0.2) is 13.2 Å². The van der Waals surface area contributed by atoms with Gasteiger partial charge in [0.05, 0.1) is 36.1 Å². The molecule has 11 heteroatoms. The van der Waals surface area contributed by atoms with Gasteiger partial charge in [-0.2, -0.15) is 4.31 Å². The third-order valence-corrected chi connectivity index (χ3v) is 7.91. The molecule has 0 N–H and O–H groups in total. The number of carbonyl (C=O) groups is 1. The summed E-state index contributed by atoms with van der Waals surface area (Å²) in [5.41, 5.74) is 0.933. The van der Waals surface area contributed by atoms with Gasteiger partial charge in [0, 0.05) is 32.1 Å². The smallest absolute Gasteiger partial charge is 0.410 e. The van der Waals surface area contributed by atoms with Crippen molar-refractivity contribution in [2.45, 2.75) is 44.9 Å². The van der Waals surface area contributed by atoms with E-state index >= 15 is 0 Å². The molecule has 0 aromatic heterocycles. The minimum absolute atomic E-state index is 0.0813. The summed E-state index contributed by atoms with van der Waals surface area (Å²) < 4.78 is 44.0. The zero-order valence-electron chi connectivity index (χ0n) is 21.7. The first-order valence-corrected chi connectivity index (χ1v) is 14.5. The van der Waals surface area contributed by atoms with Crippen LogP contribution in [0.25, 0.3) is 0 Å². The van der Waals surface area contributed by atoms with Crippen LogP contribution in [0.5, 0.6) is 5.75 Å². The van der Waals surface area contributed by atoms with Gasteiger partial charge in [0.2, 0.25) is 10.0 Å². The average molecular weight is 574 g/mol. The lowest BCUT2D eigenvalue weighted by molar-refractivity contribution is 0.0223. The predicted molar refractivity (Wildman–Crippen MR) is 145 cm³/mol. The lowest BCUT2D eigenvalue weighted by Gasteiger charge is -2.32. The molecule has 1 amide bonds. The molecule has 0 aliphatic carbocycles. The van der Waals surface area contributed by atoms with Crippen LogP contribution >= 0.6 is 23.2 Å². The molecule has 2 unspecified atom stereocenters.